The minimum atomic E-state index is -0.611. The smallest absolute Gasteiger partial charge is 0.256 e. The van der Waals surface area contributed by atoms with Gasteiger partial charge in [-0.1, -0.05) is 0 Å². The predicted octanol–water partition coefficient (Wildman–Crippen LogP) is -0.575. The zero-order valence-corrected chi connectivity index (χ0v) is 10.0. The van der Waals surface area contributed by atoms with Crippen LogP contribution in [0.2, 0.25) is 0 Å². The van der Waals surface area contributed by atoms with Crippen LogP contribution in [0.1, 0.15) is 28.9 Å². The second kappa shape index (κ2) is 4.04. The van der Waals surface area contributed by atoms with E-state index in [1.54, 1.807) is 12.1 Å². The number of nitrogens with one attached hydrogen (secondary N) is 1. The molecule has 1 aromatic rings. The fraction of sp³-hybridized carbons (Fsp3) is 0.333. The van der Waals surface area contributed by atoms with Crippen LogP contribution < -0.4 is 11.1 Å². The van der Waals surface area contributed by atoms with E-state index in [0.29, 0.717) is 23.5 Å². The highest BCUT2D eigenvalue weighted by Crippen LogP contribution is 2.26. The van der Waals surface area contributed by atoms with Gasteiger partial charge >= 0.3 is 0 Å². The van der Waals surface area contributed by atoms with E-state index in [4.69, 9.17) is 5.73 Å². The summed E-state index contributed by atoms with van der Waals surface area (Å²) in [4.78, 5) is 40.7. The number of imide groups is 1. The average molecular weight is 260 g/mol. The minimum Gasteiger partial charge on any atom is -0.384 e. The second-order valence-electron chi connectivity index (χ2n) is 4.63. The zero-order chi connectivity index (χ0) is 13.6. The molecule has 0 bridgehead atoms. The van der Waals surface area contributed by atoms with Crippen LogP contribution in [-0.4, -0.2) is 33.6 Å². The summed E-state index contributed by atoms with van der Waals surface area (Å²) in [5.74, 6) is -0.619. The van der Waals surface area contributed by atoms with Crippen molar-refractivity contribution in [3.63, 3.8) is 0 Å². The number of carbonyl (C=O) groups is 3. The Morgan fingerprint density at radius 2 is 2.11 bits per heavy atom. The number of rotatable bonds is 1. The Labute approximate surface area is 108 Å². The van der Waals surface area contributed by atoms with E-state index < -0.39 is 11.9 Å². The number of nitrogens with two attached hydrogens (primary N) is 1. The van der Waals surface area contributed by atoms with Crippen molar-refractivity contribution in [3.05, 3.63) is 23.4 Å². The van der Waals surface area contributed by atoms with Gasteiger partial charge in [0.1, 0.15) is 11.9 Å². The van der Waals surface area contributed by atoms with Gasteiger partial charge in [-0.3, -0.25) is 19.7 Å². The van der Waals surface area contributed by atoms with Crippen molar-refractivity contribution in [2.45, 2.75) is 25.4 Å². The number of piperidine rings is 1. The van der Waals surface area contributed by atoms with Gasteiger partial charge in [0, 0.05) is 6.42 Å². The van der Waals surface area contributed by atoms with Crippen LogP contribution in [0, 0.1) is 0 Å². The van der Waals surface area contributed by atoms with Crippen molar-refractivity contribution in [3.8, 4) is 0 Å². The van der Waals surface area contributed by atoms with E-state index in [1.165, 1.54) is 4.90 Å². The topological polar surface area (TPSA) is 105 Å². The normalized spacial score (nSPS) is 22.4. The molecule has 7 nitrogen and oxygen atoms in total. The van der Waals surface area contributed by atoms with Crippen molar-refractivity contribution < 1.29 is 14.4 Å². The van der Waals surface area contributed by atoms with E-state index in [2.05, 4.69) is 10.3 Å². The molecule has 0 saturated carbocycles. The average Bonchev–Trinajstić information content (AvgIpc) is 2.66. The van der Waals surface area contributed by atoms with Gasteiger partial charge in [0.25, 0.3) is 5.91 Å². The lowest BCUT2D eigenvalue weighted by atomic mass is 10.0. The Balaban J connectivity index is 1.87. The molecule has 3 rings (SSSR count). The first kappa shape index (κ1) is 11.6. The van der Waals surface area contributed by atoms with Crippen molar-refractivity contribution >= 4 is 23.5 Å². The monoisotopic (exact) mass is 260 g/mol. The number of anilines is 1. The lowest BCUT2D eigenvalue weighted by molar-refractivity contribution is -0.136. The van der Waals surface area contributed by atoms with E-state index in [-0.39, 0.29) is 24.8 Å². The van der Waals surface area contributed by atoms with Crippen molar-refractivity contribution in [1.29, 1.82) is 0 Å². The molecule has 2 aliphatic rings. The largest absolute Gasteiger partial charge is 0.384 e. The van der Waals surface area contributed by atoms with Crippen LogP contribution >= 0.6 is 0 Å². The Kier molecular flexibility index (Phi) is 2.48. The summed E-state index contributed by atoms with van der Waals surface area (Å²) < 4.78 is 0. The summed E-state index contributed by atoms with van der Waals surface area (Å²) in [6, 6.07) is 2.57. The number of hydrogen-bond acceptors (Lipinski definition) is 5. The zero-order valence-electron chi connectivity index (χ0n) is 10.0. The maximum atomic E-state index is 12.2. The second-order valence-corrected chi connectivity index (χ2v) is 4.63. The van der Waals surface area contributed by atoms with Crippen LogP contribution in [0.15, 0.2) is 12.1 Å². The summed E-state index contributed by atoms with van der Waals surface area (Å²) in [7, 11) is 0. The highest BCUT2D eigenvalue weighted by Gasteiger charge is 2.39. The molecule has 3 amide bonds. The van der Waals surface area contributed by atoms with Crippen molar-refractivity contribution in [2.24, 2.45) is 0 Å². The number of fused-ring (bicyclic) bond motifs is 1. The van der Waals surface area contributed by atoms with Gasteiger partial charge in [-0.2, -0.15) is 0 Å². The molecule has 1 atom stereocenters. The first-order chi connectivity index (χ1) is 9.06. The highest BCUT2D eigenvalue weighted by molar-refractivity contribution is 6.05. The van der Waals surface area contributed by atoms with Crippen LogP contribution in [0.3, 0.4) is 0 Å². The predicted molar refractivity (Wildman–Crippen MR) is 64.7 cm³/mol. The molecule has 3 heterocycles. The van der Waals surface area contributed by atoms with Gasteiger partial charge in [0.05, 0.1) is 17.8 Å². The first-order valence-corrected chi connectivity index (χ1v) is 5.96. The number of hydrogen-bond donors (Lipinski definition) is 2. The van der Waals surface area contributed by atoms with Gasteiger partial charge in [-0.25, -0.2) is 4.98 Å². The summed E-state index contributed by atoms with van der Waals surface area (Å²) in [5, 5.41) is 2.25. The summed E-state index contributed by atoms with van der Waals surface area (Å²) in [6.07, 6.45) is 0.589. The summed E-state index contributed by atoms with van der Waals surface area (Å²) in [6.45, 7) is 0.255. The Hall–Kier alpha value is -2.44. The molecule has 0 aromatic carbocycles. The highest BCUT2D eigenvalue weighted by atomic mass is 16.2. The van der Waals surface area contributed by atoms with Gasteiger partial charge in [0.2, 0.25) is 11.8 Å². The molecule has 0 radical (unpaired) electrons. The maximum absolute atomic E-state index is 12.2. The van der Waals surface area contributed by atoms with Gasteiger partial charge in [-0.15, -0.1) is 0 Å². The molecule has 7 heteroatoms. The molecule has 19 heavy (non-hydrogen) atoms. The quantitative estimate of drug-likeness (QED) is 0.657. The molecule has 98 valence electrons. The first-order valence-electron chi connectivity index (χ1n) is 5.96. The van der Waals surface area contributed by atoms with E-state index >= 15 is 0 Å². The summed E-state index contributed by atoms with van der Waals surface area (Å²) >= 11 is 0. The van der Waals surface area contributed by atoms with E-state index in [0.717, 1.165) is 0 Å². The third-order valence-electron chi connectivity index (χ3n) is 3.39. The third kappa shape index (κ3) is 1.83. The number of carbonyl (C=O) groups excluding carboxylic acids is 3. The van der Waals surface area contributed by atoms with E-state index in [1.807, 2.05) is 0 Å². The molecule has 0 spiro atoms. The number of aromatic nitrogens is 1. The molecule has 0 aliphatic carbocycles. The van der Waals surface area contributed by atoms with Crippen LogP contribution in [0.4, 0.5) is 5.82 Å². The maximum Gasteiger partial charge on any atom is 0.256 e. The minimum absolute atomic E-state index is 0.239. The fourth-order valence-electron chi connectivity index (χ4n) is 2.45. The van der Waals surface area contributed by atoms with Crippen molar-refractivity contribution in [1.82, 2.24) is 15.2 Å². The van der Waals surface area contributed by atoms with Gasteiger partial charge in [-0.05, 0) is 18.6 Å². The molecular weight excluding hydrogens is 248 g/mol. The Morgan fingerprint density at radius 1 is 1.32 bits per heavy atom. The van der Waals surface area contributed by atoms with Gasteiger partial charge < -0.3 is 10.6 Å². The lowest BCUT2D eigenvalue weighted by Gasteiger charge is -2.29. The SMILES string of the molecule is Nc1ccc2c(n1)CN(C1CCC(=O)NC1=O)C2=O. The van der Waals surface area contributed by atoms with Crippen LogP contribution in [0.5, 0.6) is 0 Å². The molecule has 1 fully saturated rings. The van der Waals surface area contributed by atoms with E-state index in [9.17, 15) is 14.4 Å². The number of nitrogen functional groups attached to an aromatic ring is 1. The molecule has 1 aromatic heterocycles. The summed E-state index contributed by atoms with van der Waals surface area (Å²) in [5.41, 5.74) is 6.63. The molecule has 2 aliphatic heterocycles. The standard InChI is InChI=1S/C12H12N4O3/c13-9-3-1-6-7(14-9)5-16(12(6)19)8-2-4-10(17)15-11(8)18/h1,3,8H,2,4-5H2,(H2,13,14)(H,15,17,18). The number of nitrogens with zero attached hydrogens (tertiary/aromatic N) is 2. The van der Waals surface area contributed by atoms with Gasteiger partial charge in [0.15, 0.2) is 0 Å². The fourth-order valence-corrected chi connectivity index (χ4v) is 2.45. The molecule has 3 N–H and O–H groups in total. The molecule has 1 saturated heterocycles. The third-order valence-corrected chi connectivity index (χ3v) is 3.39. The molecular formula is C12H12N4O3. The Bertz CT molecular complexity index is 599. The van der Waals surface area contributed by atoms with Crippen LogP contribution in [0.25, 0.3) is 0 Å². The number of pyridine rings is 1. The van der Waals surface area contributed by atoms with Crippen molar-refractivity contribution in [2.75, 3.05) is 5.73 Å². The van der Waals surface area contributed by atoms with Crippen LogP contribution in [-0.2, 0) is 16.1 Å². The Morgan fingerprint density at radius 3 is 2.84 bits per heavy atom. The number of amides is 3. The lowest BCUT2D eigenvalue weighted by Crippen LogP contribution is -2.52. The molecule has 1 unspecified atom stereocenters.